The van der Waals surface area contributed by atoms with Crippen LogP contribution in [0.25, 0.3) is 31.6 Å². The number of aromatic nitrogens is 1. The number of hydrogen-bond acceptors (Lipinski definition) is 2. The lowest BCUT2D eigenvalue weighted by Crippen LogP contribution is -2.83. The molecule has 0 aliphatic carbocycles. The maximum Gasteiger partial charge on any atom is 0.514 e. The van der Waals surface area contributed by atoms with Gasteiger partial charge in [0.25, 0.3) is 0 Å². The first-order valence-electron chi connectivity index (χ1n) is 11.3. The van der Waals surface area contributed by atoms with Gasteiger partial charge in [-0.2, -0.15) is 0 Å². The highest BCUT2D eigenvalue weighted by atomic mass is 32.1. The van der Waals surface area contributed by atoms with Crippen molar-refractivity contribution in [3.63, 3.8) is 0 Å². The largest absolute Gasteiger partial charge is 0.650 e. The van der Waals surface area contributed by atoms with E-state index in [0.717, 1.165) is 27.6 Å². The summed E-state index contributed by atoms with van der Waals surface area (Å²) in [5.74, 6) is 0.965. The van der Waals surface area contributed by atoms with Gasteiger partial charge in [-0.1, -0.05) is 125 Å². The monoisotopic (exact) mass is 441 g/mol. The van der Waals surface area contributed by atoms with Crippen LogP contribution in [-0.2, 0) is 0 Å². The third-order valence-corrected chi connectivity index (χ3v) is 7.99. The van der Waals surface area contributed by atoms with Gasteiger partial charge in [-0.05, 0) is 17.5 Å². The molecule has 4 heteroatoms. The Balaban J connectivity index is 1.70. The molecule has 0 saturated heterocycles. The van der Waals surface area contributed by atoms with Crippen molar-refractivity contribution < 1.29 is 9.13 Å². The van der Waals surface area contributed by atoms with Gasteiger partial charge in [0.05, 0.1) is 16.0 Å². The highest BCUT2D eigenvalue weighted by molar-refractivity contribution is 7.21. The van der Waals surface area contributed by atoms with E-state index < -0.39 is 6.48 Å². The minimum Gasteiger partial charge on any atom is -0.650 e. The molecule has 33 heavy (non-hydrogen) atoms. The van der Waals surface area contributed by atoms with Crippen molar-refractivity contribution in [3.8, 4) is 16.3 Å². The third kappa shape index (κ3) is 2.59. The number of benzene rings is 5. The molecule has 0 atom stereocenters. The Morgan fingerprint density at radius 2 is 1.24 bits per heavy atom. The molecule has 2 nitrogen and oxygen atoms in total. The highest BCUT2D eigenvalue weighted by Gasteiger charge is 2.51. The van der Waals surface area contributed by atoms with Crippen molar-refractivity contribution in [2.75, 3.05) is 0 Å². The van der Waals surface area contributed by atoms with E-state index in [2.05, 4.69) is 126 Å². The van der Waals surface area contributed by atoms with E-state index >= 15 is 0 Å². The summed E-state index contributed by atoms with van der Waals surface area (Å²) in [5, 5.41) is 3.57. The SMILES string of the molecule is c1ccc([B-]2(c3ccccc3)Oc3c(ccc4ccccc34)-c3sc4ccccc4[n+]32)cc1. The maximum atomic E-state index is 7.33. The molecule has 0 saturated carbocycles. The first-order chi connectivity index (χ1) is 16.4. The molecule has 0 unspecified atom stereocenters. The normalized spacial score (nSPS) is 13.9. The Morgan fingerprint density at radius 3 is 2.00 bits per heavy atom. The molecule has 1 aromatic heterocycles. The van der Waals surface area contributed by atoms with Gasteiger partial charge in [-0.15, -0.1) is 0 Å². The summed E-state index contributed by atoms with van der Waals surface area (Å²) in [6.45, 7) is -1.76. The van der Waals surface area contributed by atoms with Gasteiger partial charge in [-0.3, -0.25) is 0 Å². The number of thiazole rings is 1. The van der Waals surface area contributed by atoms with Crippen LogP contribution in [0, 0.1) is 0 Å². The number of nitrogens with zero attached hydrogens (tertiary/aromatic N) is 1. The summed E-state index contributed by atoms with van der Waals surface area (Å²) in [5.41, 5.74) is 4.68. The van der Waals surface area contributed by atoms with Crippen molar-refractivity contribution in [2.24, 2.45) is 0 Å². The Labute approximate surface area is 196 Å². The third-order valence-electron chi connectivity index (χ3n) is 6.82. The van der Waals surface area contributed by atoms with Crippen LogP contribution in [-0.4, -0.2) is 6.48 Å². The number of para-hydroxylation sites is 1. The molecule has 0 N–H and O–H groups in total. The standard InChI is InChI=1S/C29H20BNOS/c1-3-12-22(13-4-1)30(23-14-5-2-6-15-23)31-26-17-9-10-18-27(26)33-29(31)25-20-19-21-11-7-8-16-24(21)28(25)32-30/h1-20H. The Morgan fingerprint density at radius 1 is 0.606 bits per heavy atom. The lowest BCUT2D eigenvalue weighted by Gasteiger charge is -2.41. The summed E-state index contributed by atoms with van der Waals surface area (Å²) >= 11 is 1.84. The average Bonchev–Trinajstić information content (AvgIpc) is 3.29. The fourth-order valence-corrected chi connectivity index (χ4v) is 6.61. The number of fused-ring (bicyclic) bond motifs is 7. The van der Waals surface area contributed by atoms with Crippen LogP contribution >= 0.6 is 11.3 Å². The highest BCUT2D eigenvalue weighted by Crippen LogP contribution is 2.43. The smallest absolute Gasteiger partial charge is 0.514 e. The number of hydrogen-bond donors (Lipinski definition) is 0. The van der Waals surface area contributed by atoms with Crippen LogP contribution in [0.5, 0.6) is 5.75 Å². The van der Waals surface area contributed by atoms with Crippen molar-refractivity contribution in [2.45, 2.75) is 0 Å². The van der Waals surface area contributed by atoms with E-state index in [-0.39, 0.29) is 0 Å². The van der Waals surface area contributed by atoms with Gasteiger partial charge in [0, 0.05) is 11.5 Å². The molecule has 1 aliphatic rings. The minimum absolute atomic E-state index is 0.965. The molecule has 2 heterocycles. The lowest BCUT2D eigenvalue weighted by atomic mass is 9.40. The minimum atomic E-state index is -1.76. The second-order valence-corrected chi connectivity index (χ2v) is 9.62. The Kier molecular flexibility index (Phi) is 3.99. The average molecular weight is 441 g/mol. The van der Waals surface area contributed by atoms with Crippen molar-refractivity contribution in [3.05, 3.63) is 121 Å². The van der Waals surface area contributed by atoms with Crippen molar-refractivity contribution in [1.29, 1.82) is 0 Å². The number of rotatable bonds is 2. The summed E-state index contributed by atoms with van der Waals surface area (Å²) in [6, 6.07) is 43.0. The Bertz CT molecular complexity index is 1600. The molecule has 0 amide bonds. The summed E-state index contributed by atoms with van der Waals surface area (Å²) in [7, 11) is 0. The van der Waals surface area contributed by atoms with E-state index in [1.807, 2.05) is 11.3 Å². The summed E-state index contributed by atoms with van der Waals surface area (Å²) < 4.78 is 11.0. The van der Waals surface area contributed by atoms with Crippen LogP contribution in [0.1, 0.15) is 0 Å². The van der Waals surface area contributed by atoms with Gasteiger partial charge in [-0.25, -0.2) is 0 Å². The van der Waals surface area contributed by atoms with Crippen LogP contribution in [0.2, 0.25) is 0 Å². The Hall–Kier alpha value is -3.89. The summed E-state index contributed by atoms with van der Waals surface area (Å²) in [4.78, 5) is 0. The quantitative estimate of drug-likeness (QED) is 0.323. The van der Waals surface area contributed by atoms with Gasteiger partial charge in [0.15, 0.2) is 5.52 Å². The molecule has 0 fully saturated rings. The van der Waals surface area contributed by atoms with Crippen LogP contribution < -0.4 is 20.1 Å². The molecule has 1 aliphatic heterocycles. The second-order valence-electron chi connectivity index (χ2n) is 8.59. The molecule has 0 radical (unpaired) electrons. The molecule has 0 bridgehead atoms. The van der Waals surface area contributed by atoms with E-state index in [0.29, 0.717) is 0 Å². The zero-order valence-corrected chi connectivity index (χ0v) is 18.7. The molecule has 6 aromatic rings. The van der Waals surface area contributed by atoms with Gasteiger partial charge in [0.1, 0.15) is 0 Å². The zero-order valence-electron chi connectivity index (χ0n) is 17.9. The lowest BCUT2D eigenvalue weighted by molar-refractivity contribution is -0.508. The molecule has 156 valence electrons. The molecule has 7 rings (SSSR count). The van der Waals surface area contributed by atoms with Gasteiger partial charge < -0.3 is 9.13 Å². The van der Waals surface area contributed by atoms with E-state index in [1.165, 1.54) is 20.6 Å². The van der Waals surface area contributed by atoms with Crippen molar-refractivity contribution >= 4 is 49.7 Å². The summed E-state index contributed by atoms with van der Waals surface area (Å²) in [6.07, 6.45) is 0. The molecular formula is C29H20BNOS. The van der Waals surface area contributed by atoms with E-state index in [4.69, 9.17) is 4.65 Å². The fourth-order valence-electron chi connectivity index (χ4n) is 5.37. The maximum absolute atomic E-state index is 7.33. The van der Waals surface area contributed by atoms with Crippen LogP contribution in [0.4, 0.5) is 0 Å². The fraction of sp³-hybridized carbons (Fsp3) is 0. The first kappa shape index (κ1) is 18.7. The zero-order chi connectivity index (χ0) is 21.8. The van der Waals surface area contributed by atoms with Gasteiger partial charge in [0.2, 0.25) is 5.01 Å². The van der Waals surface area contributed by atoms with E-state index in [9.17, 15) is 0 Å². The second kappa shape index (κ2) is 7.06. The van der Waals surface area contributed by atoms with Crippen LogP contribution in [0.15, 0.2) is 121 Å². The molecule has 0 spiro atoms. The topological polar surface area (TPSA) is 13.1 Å². The molecular weight excluding hydrogens is 421 g/mol. The molecule has 5 aromatic carbocycles. The van der Waals surface area contributed by atoms with E-state index in [1.54, 1.807) is 0 Å². The van der Waals surface area contributed by atoms with Crippen molar-refractivity contribution in [1.82, 2.24) is 0 Å². The predicted molar refractivity (Wildman–Crippen MR) is 139 cm³/mol. The first-order valence-corrected chi connectivity index (χ1v) is 12.1. The van der Waals surface area contributed by atoms with Gasteiger partial charge >= 0.3 is 6.48 Å². The van der Waals surface area contributed by atoms with Crippen LogP contribution in [0.3, 0.4) is 0 Å². The predicted octanol–water partition coefficient (Wildman–Crippen LogP) is 5.51.